The van der Waals surface area contributed by atoms with Gasteiger partial charge in [0.25, 0.3) is 0 Å². The van der Waals surface area contributed by atoms with Gasteiger partial charge >= 0.3 is 0 Å². The number of carbonyl (C=O) groups is 1. The van der Waals surface area contributed by atoms with E-state index in [0.717, 1.165) is 37.9 Å². The van der Waals surface area contributed by atoms with Crippen LogP contribution in [0.3, 0.4) is 0 Å². The largest absolute Gasteiger partial charge is 0.379 e. The normalized spacial score (nSPS) is 29.9. The first-order chi connectivity index (χ1) is 10.3. The van der Waals surface area contributed by atoms with E-state index in [2.05, 4.69) is 17.1 Å². The second kappa shape index (κ2) is 6.58. The highest BCUT2D eigenvalue weighted by Crippen LogP contribution is 2.30. The second-order valence-electron chi connectivity index (χ2n) is 5.93. The molecule has 114 valence electrons. The third-order valence-corrected chi connectivity index (χ3v) is 4.42. The van der Waals surface area contributed by atoms with Gasteiger partial charge in [-0.3, -0.25) is 10.1 Å². The maximum Gasteiger partial charge on any atom is 0.245 e. The Labute approximate surface area is 126 Å². The molecule has 2 aliphatic heterocycles. The Kier molecular flexibility index (Phi) is 4.56. The summed E-state index contributed by atoms with van der Waals surface area (Å²) in [4.78, 5) is 15.0. The van der Waals surface area contributed by atoms with Crippen molar-refractivity contribution in [1.29, 1.82) is 0 Å². The topological polar surface area (TPSA) is 41.6 Å². The molecule has 0 bridgehead atoms. The van der Waals surface area contributed by atoms with E-state index >= 15 is 0 Å². The Balaban J connectivity index is 1.81. The van der Waals surface area contributed by atoms with Crippen molar-refractivity contribution >= 4 is 5.91 Å². The third kappa shape index (κ3) is 2.97. The minimum atomic E-state index is -0.204. The molecule has 3 rings (SSSR count). The molecule has 0 saturated carbocycles. The maximum absolute atomic E-state index is 12.9. The highest BCUT2D eigenvalue weighted by atomic mass is 16.5. The van der Waals surface area contributed by atoms with E-state index < -0.39 is 0 Å². The van der Waals surface area contributed by atoms with Gasteiger partial charge in [0.15, 0.2) is 0 Å². The van der Waals surface area contributed by atoms with Crippen LogP contribution in [0, 0.1) is 0 Å². The minimum absolute atomic E-state index is 0.138. The lowest BCUT2D eigenvalue weighted by atomic mass is 10.1. The Morgan fingerprint density at radius 3 is 2.81 bits per heavy atom. The fourth-order valence-electron chi connectivity index (χ4n) is 3.40. The molecule has 4 heteroatoms. The van der Waals surface area contributed by atoms with Crippen molar-refractivity contribution in [2.75, 3.05) is 13.2 Å². The molecule has 0 radical (unpaired) electrons. The molecule has 2 aliphatic rings. The molecule has 2 saturated heterocycles. The molecule has 2 fully saturated rings. The van der Waals surface area contributed by atoms with Crippen molar-refractivity contribution < 1.29 is 9.53 Å². The number of nitrogens with one attached hydrogen (secondary N) is 1. The molecule has 1 aromatic carbocycles. The van der Waals surface area contributed by atoms with Crippen LogP contribution in [0.4, 0.5) is 0 Å². The molecular weight excluding hydrogens is 264 g/mol. The van der Waals surface area contributed by atoms with Crippen LogP contribution < -0.4 is 5.32 Å². The zero-order valence-corrected chi connectivity index (χ0v) is 12.6. The highest BCUT2D eigenvalue weighted by Gasteiger charge is 2.42. The monoisotopic (exact) mass is 288 g/mol. The average molecular weight is 288 g/mol. The van der Waals surface area contributed by atoms with Gasteiger partial charge in [0.2, 0.25) is 5.91 Å². The number of hydrogen-bond donors (Lipinski definition) is 1. The molecule has 1 amide bonds. The summed E-state index contributed by atoms with van der Waals surface area (Å²) in [6, 6.07) is 10.0. The molecular formula is C17H24N2O2. The summed E-state index contributed by atoms with van der Waals surface area (Å²) in [5, 5.41) is 3.53. The minimum Gasteiger partial charge on any atom is -0.379 e. The number of benzene rings is 1. The van der Waals surface area contributed by atoms with Crippen LogP contribution in [0.15, 0.2) is 30.3 Å². The first-order valence-corrected chi connectivity index (χ1v) is 8.02. The SMILES string of the molecule is CCCC1NC(c2ccccc2)C(=O)N1C1CCCOC1. The average Bonchev–Trinajstić information content (AvgIpc) is 2.86. The van der Waals surface area contributed by atoms with Gasteiger partial charge in [0.05, 0.1) is 18.8 Å². The standard InChI is InChI=1S/C17H24N2O2/c1-2-7-15-18-16(13-8-4-3-5-9-13)17(20)19(15)14-10-6-11-21-12-14/h3-5,8-9,14-16,18H,2,6-7,10-12H2,1H3. The van der Waals surface area contributed by atoms with E-state index in [1.165, 1.54) is 0 Å². The van der Waals surface area contributed by atoms with Crippen LogP contribution in [0.5, 0.6) is 0 Å². The summed E-state index contributed by atoms with van der Waals surface area (Å²) in [7, 11) is 0. The van der Waals surface area contributed by atoms with E-state index in [-0.39, 0.29) is 24.2 Å². The second-order valence-corrected chi connectivity index (χ2v) is 5.93. The molecule has 3 atom stereocenters. The van der Waals surface area contributed by atoms with Crippen LogP contribution in [0.2, 0.25) is 0 Å². The molecule has 0 spiro atoms. The third-order valence-electron chi connectivity index (χ3n) is 4.42. The molecule has 0 aromatic heterocycles. The molecule has 1 N–H and O–H groups in total. The fraction of sp³-hybridized carbons (Fsp3) is 0.588. The highest BCUT2D eigenvalue weighted by molar-refractivity contribution is 5.86. The van der Waals surface area contributed by atoms with Gasteiger partial charge in [0.1, 0.15) is 6.04 Å². The van der Waals surface area contributed by atoms with E-state index in [4.69, 9.17) is 4.74 Å². The van der Waals surface area contributed by atoms with Crippen molar-refractivity contribution in [3.05, 3.63) is 35.9 Å². The lowest BCUT2D eigenvalue weighted by Gasteiger charge is -2.35. The first kappa shape index (κ1) is 14.5. The van der Waals surface area contributed by atoms with Crippen molar-refractivity contribution in [2.24, 2.45) is 0 Å². The van der Waals surface area contributed by atoms with Gasteiger partial charge in [-0.1, -0.05) is 43.7 Å². The lowest BCUT2D eigenvalue weighted by Crippen LogP contribution is -2.48. The van der Waals surface area contributed by atoms with Gasteiger partial charge in [-0.25, -0.2) is 0 Å². The molecule has 21 heavy (non-hydrogen) atoms. The molecule has 2 heterocycles. The summed E-state index contributed by atoms with van der Waals surface area (Å²) < 4.78 is 5.59. The van der Waals surface area contributed by atoms with Crippen LogP contribution in [0.25, 0.3) is 0 Å². The van der Waals surface area contributed by atoms with Gasteiger partial charge in [-0.15, -0.1) is 0 Å². The Bertz CT molecular complexity index is 471. The summed E-state index contributed by atoms with van der Waals surface area (Å²) >= 11 is 0. The number of nitrogens with zero attached hydrogens (tertiary/aromatic N) is 1. The van der Waals surface area contributed by atoms with E-state index in [1.807, 2.05) is 30.3 Å². The number of ether oxygens (including phenoxy) is 1. The fourth-order valence-corrected chi connectivity index (χ4v) is 3.40. The zero-order valence-electron chi connectivity index (χ0n) is 12.6. The van der Waals surface area contributed by atoms with Gasteiger partial charge in [-0.05, 0) is 24.8 Å². The van der Waals surface area contributed by atoms with Crippen molar-refractivity contribution in [3.8, 4) is 0 Å². The summed E-state index contributed by atoms with van der Waals surface area (Å²) in [6.45, 7) is 3.67. The van der Waals surface area contributed by atoms with E-state index in [9.17, 15) is 4.79 Å². The number of hydrogen-bond acceptors (Lipinski definition) is 3. The number of carbonyl (C=O) groups excluding carboxylic acids is 1. The summed E-state index contributed by atoms with van der Waals surface area (Å²) in [5.74, 6) is 0.204. The Morgan fingerprint density at radius 2 is 2.14 bits per heavy atom. The number of amides is 1. The number of rotatable bonds is 4. The summed E-state index contributed by atoms with van der Waals surface area (Å²) in [6.07, 6.45) is 4.29. The van der Waals surface area contributed by atoms with E-state index in [1.54, 1.807) is 0 Å². The Hall–Kier alpha value is -1.39. The zero-order chi connectivity index (χ0) is 14.7. The van der Waals surface area contributed by atoms with Crippen LogP contribution in [-0.4, -0.2) is 36.2 Å². The van der Waals surface area contributed by atoms with Crippen LogP contribution >= 0.6 is 0 Å². The van der Waals surface area contributed by atoms with Crippen molar-refractivity contribution in [2.45, 2.75) is 50.9 Å². The van der Waals surface area contributed by atoms with Crippen LogP contribution in [0.1, 0.15) is 44.2 Å². The lowest BCUT2D eigenvalue weighted by molar-refractivity contribution is -0.135. The van der Waals surface area contributed by atoms with Gasteiger partial charge in [0, 0.05) is 6.61 Å². The first-order valence-electron chi connectivity index (χ1n) is 8.02. The van der Waals surface area contributed by atoms with Crippen LogP contribution in [-0.2, 0) is 9.53 Å². The predicted molar refractivity (Wildman–Crippen MR) is 81.7 cm³/mol. The van der Waals surface area contributed by atoms with E-state index in [0.29, 0.717) is 6.61 Å². The molecule has 1 aromatic rings. The summed E-state index contributed by atoms with van der Waals surface area (Å²) in [5.41, 5.74) is 1.06. The Morgan fingerprint density at radius 1 is 1.33 bits per heavy atom. The molecule has 3 unspecified atom stereocenters. The smallest absolute Gasteiger partial charge is 0.245 e. The van der Waals surface area contributed by atoms with Crippen molar-refractivity contribution in [1.82, 2.24) is 10.2 Å². The van der Waals surface area contributed by atoms with Gasteiger partial charge in [-0.2, -0.15) is 0 Å². The molecule has 4 nitrogen and oxygen atoms in total. The molecule has 0 aliphatic carbocycles. The van der Waals surface area contributed by atoms with Crippen molar-refractivity contribution in [3.63, 3.8) is 0 Å². The quantitative estimate of drug-likeness (QED) is 0.925. The van der Waals surface area contributed by atoms with Gasteiger partial charge < -0.3 is 9.64 Å². The maximum atomic E-state index is 12.9. The predicted octanol–water partition coefficient (Wildman–Crippen LogP) is 2.46.